The molecule has 0 aromatic heterocycles. The highest BCUT2D eigenvalue weighted by molar-refractivity contribution is 5.76. The van der Waals surface area contributed by atoms with Crippen LogP contribution in [0, 0.1) is 0 Å². The first-order valence-electron chi connectivity index (χ1n) is 31.4. The highest BCUT2D eigenvalue weighted by Crippen LogP contribution is 2.17. The zero-order valence-corrected chi connectivity index (χ0v) is 47.5. The van der Waals surface area contributed by atoms with Crippen LogP contribution in [-0.2, 0) is 14.3 Å². The van der Waals surface area contributed by atoms with Gasteiger partial charge in [0.05, 0.1) is 25.4 Å². The van der Waals surface area contributed by atoms with Crippen LogP contribution in [0.5, 0.6) is 0 Å². The van der Waals surface area contributed by atoms with E-state index in [4.69, 9.17) is 4.74 Å². The zero-order valence-electron chi connectivity index (χ0n) is 47.5. The van der Waals surface area contributed by atoms with Gasteiger partial charge in [0.1, 0.15) is 0 Å². The van der Waals surface area contributed by atoms with Crippen LogP contribution in [0.3, 0.4) is 0 Å². The molecule has 0 aromatic rings. The molecule has 416 valence electrons. The number of allylic oxidation sites excluding steroid dienone is 7. The van der Waals surface area contributed by atoms with Gasteiger partial charge >= 0.3 is 5.97 Å². The number of amides is 1. The highest BCUT2D eigenvalue weighted by Gasteiger charge is 2.18. The molecular formula is C65H121NO5. The molecule has 1 amide bonds. The molecular weight excluding hydrogens is 875 g/mol. The molecule has 6 nitrogen and oxygen atoms in total. The minimum atomic E-state index is -0.855. The summed E-state index contributed by atoms with van der Waals surface area (Å²) in [6, 6.07) is -0.640. The van der Waals surface area contributed by atoms with Crippen LogP contribution >= 0.6 is 0 Å². The van der Waals surface area contributed by atoms with Crippen LogP contribution in [0.25, 0.3) is 0 Å². The van der Waals surface area contributed by atoms with E-state index in [2.05, 4.69) is 55.6 Å². The first kappa shape index (κ1) is 68.8. The van der Waals surface area contributed by atoms with Crippen molar-refractivity contribution in [3.8, 4) is 0 Å². The Morgan fingerprint density at radius 3 is 1.11 bits per heavy atom. The first-order chi connectivity index (χ1) is 35.0. The van der Waals surface area contributed by atoms with Gasteiger partial charge in [-0.25, -0.2) is 0 Å². The van der Waals surface area contributed by atoms with Gasteiger partial charge in [0, 0.05) is 12.8 Å². The quantitative estimate of drug-likeness (QED) is 0.0321. The Balaban J connectivity index is 3.49. The second kappa shape index (κ2) is 60.4. The molecule has 0 fully saturated rings. The maximum absolute atomic E-state index is 12.5. The summed E-state index contributed by atoms with van der Waals surface area (Å²) >= 11 is 0. The van der Waals surface area contributed by atoms with Crippen molar-refractivity contribution < 1.29 is 24.5 Å². The van der Waals surface area contributed by atoms with Gasteiger partial charge in [-0.05, 0) is 89.9 Å². The van der Waals surface area contributed by atoms with Gasteiger partial charge in [-0.2, -0.15) is 0 Å². The summed E-state index contributed by atoms with van der Waals surface area (Å²) in [4.78, 5) is 24.5. The summed E-state index contributed by atoms with van der Waals surface area (Å²) in [7, 11) is 0. The Hall–Kier alpha value is -2.18. The van der Waals surface area contributed by atoms with Crippen LogP contribution < -0.4 is 5.32 Å². The number of aliphatic hydroxyl groups is 2. The van der Waals surface area contributed by atoms with Crippen molar-refractivity contribution in [2.45, 2.75) is 341 Å². The number of ether oxygens (including phenoxy) is 1. The average Bonchev–Trinajstić information content (AvgIpc) is 3.37. The molecule has 0 aliphatic carbocycles. The van der Waals surface area contributed by atoms with Gasteiger partial charge in [0.25, 0.3) is 0 Å². The normalized spacial score (nSPS) is 12.9. The Labute approximate surface area is 442 Å². The number of aliphatic hydroxyl groups excluding tert-OH is 2. The molecule has 0 heterocycles. The van der Waals surface area contributed by atoms with Gasteiger partial charge in [0.2, 0.25) is 5.91 Å². The van der Waals surface area contributed by atoms with E-state index in [1.165, 1.54) is 231 Å². The molecule has 0 aliphatic heterocycles. The number of hydrogen-bond acceptors (Lipinski definition) is 5. The molecule has 0 spiro atoms. The third kappa shape index (κ3) is 57.0. The average molecular weight is 997 g/mol. The second-order valence-electron chi connectivity index (χ2n) is 21.4. The lowest BCUT2D eigenvalue weighted by Gasteiger charge is -2.20. The number of hydrogen-bond donors (Lipinski definition) is 3. The van der Waals surface area contributed by atoms with Gasteiger partial charge in [-0.15, -0.1) is 0 Å². The fourth-order valence-corrected chi connectivity index (χ4v) is 9.48. The van der Waals surface area contributed by atoms with Gasteiger partial charge in [-0.3, -0.25) is 9.59 Å². The Morgan fingerprint density at radius 2 is 0.704 bits per heavy atom. The maximum atomic E-state index is 12.5. The fraction of sp³-hybridized carbons (Fsp3) is 0.846. The van der Waals surface area contributed by atoms with E-state index in [1.54, 1.807) is 6.08 Å². The lowest BCUT2D eigenvalue weighted by molar-refractivity contribution is -0.143. The maximum Gasteiger partial charge on any atom is 0.305 e. The largest absolute Gasteiger partial charge is 0.466 e. The smallest absolute Gasteiger partial charge is 0.305 e. The van der Waals surface area contributed by atoms with E-state index in [1.807, 2.05) is 6.08 Å². The monoisotopic (exact) mass is 996 g/mol. The van der Waals surface area contributed by atoms with Crippen LogP contribution in [-0.4, -0.2) is 47.4 Å². The Bertz CT molecular complexity index is 1190. The first-order valence-corrected chi connectivity index (χ1v) is 31.4. The zero-order chi connectivity index (χ0) is 51.4. The van der Waals surface area contributed by atoms with E-state index in [0.717, 1.165) is 70.6 Å². The van der Waals surface area contributed by atoms with Crippen LogP contribution in [0.4, 0.5) is 0 Å². The summed E-state index contributed by atoms with van der Waals surface area (Å²) in [5.41, 5.74) is 0. The van der Waals surface area contributed by atoms with Crippen LogP contribution in [0.1, 0.15) is 328 Å². The van der Waals surface area contributed by atoms with Crippen molar-refractivity contribution in [3.63, 3.8) is 0 Å². The highest BCUT2D eigenvalue weighted by atomic mass is 16.5. The molecule has 0 bridgehead atoms. The fourth-order valence-electron chi connectivity index (χ4n) is 9.48. The number of unbranched alkanes of at least 4 members (excludes halogenated alkanes) is 41. The molecule has 0 rings (SSSR count). The molecule has 0 aliphatic rings. The molecule has 2 unspecified atom stereocenters. The van der Waals surface area contributed by atoms with Crippen molar-refractivity contribution in [2.75, 3.05) is 13.2 Å². The Kier molecular flexibility index (Phi) is 58.5. The van der Waals surface area contributed by atoms with Crippen LogP contribution in [0.2, 0.25) is 0 Å². The van der Waals surface area contributed by atoms with Gasteiger partial charge in [-0.1, -0.05) is 274 Å². The summed E-state index contributed by atoms with van der Waals surface area (Å²) in [5.74, 6) is -0.0927. The van der Waals surface area contributed by atoms with Crippen LogP contribution in [0.15, 0.2) is 48.6 Å². The number of carbonyl (C=O) groups excluding carboxylic acids is 2. The number of rotatable bonds is 58. The molecule has 0 radical (unpaired) electrons. The van der Waals surface area contributed by atoms with E-state index < -0.39 is 12.1 Å². The third-order valence-corrected chi connectivity index (χ3v) is 14.3. The van der Waals surface area contributed by atoms with Crippen molar-refractivity contribution in [2.24, 2.45) is 0 Å². The third-order valence-electron chi connectivity index (χ3n) is 14.3. The molecule has 0 aromatic carbocycles. The molecule has 0 saturated carbocycles. The van der Waals surface area contributed by atoms with Crippen molar-refractivity contribution in [1.29, 1.82) is 0 Å². The second-order valence-corrected chi connectivity index (χ2v) is 21.4. The lowest BCUT2D eigenvalue weighted by Crippen LogP contribution is -2.45. The molecule has 2 atom stereocenters. The number of esters is 1. The topological polar surface area (TPSA) is 95.9 Å². The van der Waals surface area contributed by atoms with E-state index in [-0.39, 0.29) is 18.5 Å². The predicted molar refractivity (Wildman–Crippen MR) is 310 cm³/mol. The van der Waals surface area contributed by atoms with E-state index in [9.17, 15) is 19.8 Å². The van der Waals surface area contributed by atoms with Gasteiger partial charge in [0.15, 0.2) is 0 Å². The van der Waals surface area contributed by atoms with E-state index >= 15 is 0 Å². The minimum absolute atomic E-state index is 0.0120. The summed E-state index contributed by atoms with van der Waals surface area (Å²) < 4.78 is 5.47. The molecule has 6 heteroatoms. The van der Waals surface area contributed by atoms with Crippen molar-refractivity contribution in [3.05, 3.63) is 48.6 Å². The number of nitrogens with one attached hydrogen (secondary N) is 1. The standard InChI is InChI=1S/C65H121NO5/c1-3-5-7-9-11-13-15-17-19-20-21-22-23-26-30-33-37-41-45-49-53-57-63(68)62(61-67)66-64(69)58-54-50-46-42-38-34-31-27-24-25-28-32-36-40-44-48-52-56-60-71-65(70)59-55-51-47-43-39-35-29-18-16-14-12-10-8-6-4-2/h12,14,18,27,29,31,53,57,62-63,67-68H,3-11,13,15-17,19-26,28,30,32-52,54-56,58-61H2,1-2H3,(H,66,69)/b14-12-,29-18-,31-27-,57-53+. The van der Waals surface area contributed by atoms with Crippen molar-refractivity contribution >= 4 is 11.9 Å². The minimum Gasteiger partial charge on any atom is -0.466 e. The Morgan fingerprint density at radius 1 is 0.394 bits per heavy atom. The SMILES string of the molecule is CCCCC/C=C\C/C=C\CCCCCCCC(=O)OCCCCCCCCCCC/C=C\CCCCCCCC(=O)NC(CO)C(O)/C=C/CCCCCCCCCCCCCCCCCCCCC. The number of carbonyl (C=O) groups is 2. The molecule has 3 N–H and O–H groups in total. The summed E-state index contributed by atoms with van der Waals surface area (Å²) in [6.45, 7) is 4.87. The van der Waals surface area contributed by atoms with Crippen molar-refractivity contribution in [1.82, 2.24) is 5.32 Å². The van der Waals surface area contributed by atoms with Gasteiger partial charge < -0.3 is 20.3 Å². The van der Waals surface area contributed by atoms with E-state index in [0.29, 0.717) is 19.4 Å². The molecule has 71 heavy (non-hydrogen) atoms. The molecule has 0 saturated heterocycles. The predicted octanol–water partition coefficient (Wildman–Crippen LogP) is 19.7. The summed E-state index contributed by atoms with van der Waals surface area (Å²) in [6.07, 6.45) is 77.2. The lowest BCUT2D eigenvalue weighted by atomic mass is 10.0. The summed E-state index contributed by atoms with van der Waals surface area (Å²) in [5, 5.41) is 23.2.